The molecule has 1 saturated heterocycles. The number of likely N-dealkylation sites (N-methyl/N-ethyl adjacent to an activating group) is 2. The third kappa shape index (κ3) is 2.80. The highest BCUT2D eigenvalue weighted by atomic mass is 16.5. The average molecular weight is 250 g/mol. The molecule has 2 N–H and O–H groups in total. The fourth-order valence-electron chi connectivity index (χ4n) is 2.38. The second-order valence-corrected chi connectivity index (χ2v) is 4.99. The predicted octanol–water partition coefficient (Wildman–Crippen LogP) is 0.336. The monoisotopic (exact) mass is 250 g/mol. The molecule has 2 rings (SSSR count). The molecule has 1 aliphatic rings. The summed E-state index contributed by atoms with van der Waals surface area (Å²) < 4.78 is 5.20. The first-order chi connectivity index (χ1) is 8.61. The number of nitrogens with zero attached hydrogens (tertiary/aromatic N) is 3. The van der Waals surface area contributed by atoms with Crippen LogP contribution in [0.3, 0.4) is 0 Å². The van der Waals surface area contributed by atoms with Gasteiger partial charge in [-0.25, -0.2) is 0 Å². The SMILES string of the molecule is COc1cncc(C(N)C2CN(C)CCN2C)c1. The highest BCUT2D eigenvalue weighted by Gasteiger charge is 2.28. The Bertz CT molecular complexity index is 398. The van der Waals surface area contributed by atoms with Gasteiger partial charge in [-0.3, -0.25) is 9.88 Å². The minimum absolute atomic E-state index is 0.0413. The lowest BCUT2D eigenvalue weighted by molar-refractivity contribution is 0.0973. The van der Waals surface area contributed by atoms with Gasteiger partial charge in [0.2, 0.25) is 0 Å². The Morgan fingerprint density at radius 3 is 2.89 bits per heavy atom. The van der Waals surface area contributed by atoms with Gasteiger partial charge in [-0.2, -0.15) is 0 Å². The number of hydrogen-bond acceptors (Lipinski definition) is 5. The quantitative estimate of drug-likeness (QED) is 0.838. The molecule has 18 heavy (non-hydrogen) atoms. The zero-order chi connectivity index (χ0) is 13.1. The van der Waals surface area contributed by atoms with E-state index in [1.807, 2.05) is 12.3 Å². The Labute approximate surface area is 109 Å². The van der Waals surface area contributed by atoms with Crippen LogP contribution in [0, 0.1) is 0 Å². The van der Waals surface area contributed by atoms with E-state index in [0.717, 1.165) is 30.9 Å². The summed E-state index contributed by atoms with van der Waals surface area (Å²) >= 11 is 0. The Balaban J connectivity index is 2.15. The van der Waals surface area contributed by atoms with Crippen molar-refractivity contribution in [2.45, 2.75) is 12.1 Å². The van der Waals surface area contributed by atoms with Gasteiger partial charge in [0.1, 0.15) is 5.75 Å². The van der Waals surface area contributed by atoms with E-state index in [2.05, 4.69) is 28.9 Å². The molecule has 0 aromatic carbocycles. The fraction of sp³-hybridized carbons (Fsp3) is 0.615. The molecule has 0 saturated carbocycles. The fourth-order valence-corrected chi connectivity index (χ4v) is 2.38. The van der Waals surface area contributed by atoms with Gasteiger partial charge in [0, 0.05) is 37.9 Å². The number of hydrogen-bond donors (Lipinski definition) is 1. The predicted molar refractivity (Wildman–Crippen MR) is 71.6 cm³/mol. The first kappa shape index (κ1) is 13.3. The van der Waals surface area contributed by atoms with E-state index in [0.29, 0.717) is 6.04 Å². The third-order valence-electron chi connectivity index (χ3n) is 3.67. The Morgan fingerprint density at radius 2 is 2.17 bits per heavy atom. The topological polar surface area (TPSA) is 54.6 Å². The van der Waals surface area contributed by atoms with E-state index in [-0.39, 0.29) is 6.04 Å². The van der Waals surface area contributed by atoms with Gasteiger partial charge in [0.25, 0.3) is 0 Å². The number of rotatable bonds is 3. The molecule has 0 bridgehead atoms. The molecule has 0 radical (unpaired) electrons. The lowest BCUT2D eigenvalue weighted by Gasteiger charge is -2.40. The molecular weight excluding hydrogens is 228 g/mol. The van der Waals surface area contributed by atoms with Crippen molar-refractivity contribution in [3.05, 3.63) is 24.0 Å². The molecule has 5 nitrogen and oxygen atoms in total. The summed E-state index contributed by atoms with van der Waals surface area (Å²) in [4.78, 5) is 8.82. The van der Waals surface area contributed by atoms with Crippen molar-refractivity contribution in [3.8, 4) is 5.75 Å². The molecule has 1 aromatic heterocycles. The van der Waals surface area contributed by atoms with Crippen molar-refractivity contribution in [2.24, 2.45) is 5.73 Å². The maximum atomic E-state index is 6.38. The van der Waals surface area contributed by atoms with Crippen molar-refractivity contribution in [3.63, 3.8) is 0 Å². The molecule has 1 fully saturated rings. The Hall–Kier alpha value is -1.17. The van der Waals surface area contributed by atoms with Crippen molar-refractivity contribution in [1.82, 2.24) is 14.8 Å². The van der Waals surface area contributed by atoms with E-state index < -0.39 is 0 Å². The number of piperazine rings is 1. The van der Waals surface area contributed by atoms with Gasteiger partial charge in [-0.05, 0) is 25.7 Å². The second kappa shape index (κ2) is 5.65. The van der Waals surface area contributed by atoms with E-state index in [9.17, 15) is 0 Å². The number of pyridine rings is 1. The molecule has 1 aromatic rings. The summed E-state index contributed by atoms with van der Waals surface area (Å²) in [5, 5.41) is 0. The molecule has 2 atom stereocenters. The normalized spacial score (nSPS) is 23.9. The van der Waals surface area contributed by atoms with Crippen LogP contribution in [0.1, 0.15) is 11.6 Å². The molecule has 100 valence electrons. The van der Waals surface area contributed by atoms with Crippen LogP contribution in [-0.4, -0.2) is 61.7 Å². The number of methoxy groups -OCH3 is 1. The number of nitrogens with two attached hydrogens (primary N) is 1. The molecular formula is C13H22N4O. The average Bonchev–Trinajstić information content (AvgIpc) is 2.41. The summed E-state index contributed by atoms with van der Waals surface area (Å²) in [6, 6.07) is 2.25. The van der Waals surface area contributed by atoms with Crippen LogP contribution in [-0.2, 0) is 0 Å². The van der Waals surface area contributed by atoms with Crippen LogP contribution in [0.4, 0.5) is 0 Å². The van der Waals surface area contributed by atoms with Crippen LogP contribution >= 0.6 is 0 Å². The summed E-state index contributed by atoms with van der Waals surface area (Å²) in [6.07, 6.45) is 3.53. The van der Waals surface area contributed by atoms with Gasteiger partial charge in [0.05, 0.1) is 13.3 Å². The summed E-state index contributed by atoms with van der Waals surface area (Å²) in [5.74, 6) is 0.759. The standard InChI is InChI=1S/C13H22N4O/c1-16-4-5-17(2)12(9-16)13(14)10-6-11(18-3)8-15-7-10/h6-8,12-13H,4-5,9,14H2,1-3H3. The molecule has 2 heterocycles. The maximum Gasteiger partial charge on any atom is 0.137 e. The zero-order valence-electron chi connectivity index (χ0n) is 11.3. The summed E-state index contributed by atoms with van der Waals surface area (Å²) in [6.45, 7) is 3.12. The minimum atomic E-state index is -0.0413. The number of aromatic nitrogens is 1. The van der Waals surface area contributed by atoms with Crippen LogP contribution in [0.15, 0.2) is 18.5 Å². The van der Waals surface area contributed by atoms with Crippen molar-refractivity contribution in [2.75, 3.05) is 40.8 Å². The first-order valence-electron chi connectivity index (χ1n) is 6.25. The molecule has 5 heteroatoms. The highest BCUT2D eigenvalue weighted by Crippen LogP contribution is 2.23. The van der Waals surface area contributed by atoms with Gasteiger partial charge in [-0.1, -0.05) is 0 Å². The largest absolute Gasteiger partial charge is 0.495 e. The van der Waals surface area contributed by atoms with E-state index in [1.165, 1.54) is 0 Å². The molecule has 0 amide bonds. The van der Waals surface area contributed by atoms with Crippen LogP contribution in [0.25, 0.3) is 0 Å². The molecule has 0 spiro atoms. The van der Waals surface area contributed by atoms with Crippen molar-refractivity contribution < 1.29 is 4.74 Å². The molecule has 1 aliphatic heterocycles. The van der Waals surface area contributed by atoms with Crippen molar-refractivity contribution >= 4 is 0 Å². The Kier molecular flexibility index (Phi) is 4.16. The van der Waals surface area contributed by atoms with Crippen molar-refractivity contribution in [1.29, 1.82) is 0 Å². The summed E-state index contributed by atoms with van der Waals surface area (Å²) in [5.41, 5.74) is 7.41. The number of ether oxygens (including phenoxy) is 1. The maximum absolute atomic E-state index is 6.38. The van der Waals surface area contributed by atoms with Gasteiger partial charge >= 0.3 is 0 Å². The second-order valence-electron chi connectivity index (χ2n) is 4.99. The summed E-state index contributed by atoms with van der Waals surface area (Å²) in [7, 11) is 5.91. The van der Waals surface area contributed by atoms with E-state index in [1.54, 1.807) is 13.3 Å². The van der Waals surface area contributed by atoms with Crippen LogP contribution < -0.4 is 10.5 Å². The smallest absolute Gasteiger partial charge is 0.137 e. The van der Waals surface area contributed by atoms with E-state index >= 15 is 0 Å². The van der Waals surface area contributed by atoms with E-state index in [4.69, 9.17) is 10.5 Å². The lowest BCUT2D eigenvalue weighted by Crippen LogP contribution is -2.54. The molecule has 2 unspecified atom stereocenters. The molecule has 0 aliphatic carbocycles. The lowest BCUT2D eigenvalue weighted by atomic mass is 9.98. The van der Waals surface area contributed by atoms with Crippen LogP contribution in [0.5, 0.6) is 5.75 Å². The minimum Gasteiger partial charge on any atom is -0.495 e. The third-order valence-corrected chi connectivity index (χ3v) is 3.67. The van der Waals surface area contributed by atoms with Gasteiger partial charge in [0.15, 0.2) is 0 Å². The van der Waals surface area contributed by atoms with Gasteiger partial charge in [-0.15, -0.1) is 0 Å². The first-order valence-corrected chi connectivity index (χ1v) is 6.25. The zero-order valence-corrected chi connectivity index (χ0v) is 11.3. The highest BCUT2D eigenvalue weighted by molar-refractivity contribution is 5.27. The van der Waals surface area contributed by atoms with Gasteiger partial charge < -0.3 is 15.4 Å². The Morgan fingerprint density at radius 1 is 1.39 bits per heavy atom. The van der Waals surface area contributed by atoms with Crippen LogP contribution in [0.2, 0.25) is 0 Å².